The maximum Gasteiger partial charge on any atom is 0.227 e. The van der Waals surface area contributed by atoms with Gasteiger partial charge in [0.25, 0.3) is 0 Å². The largest absolute Gasteiger partial charge is 0.336 e. The number of carbonyl (C=O) groups excluding carboxylic acids is 1. The molecule has 1 amide bonds. The highest BCUT2D eigenvalue weighted by Gasteiger charge is 2.46. The van der Waals surface area contributed by atoms with Crippen molar-refractivity contribution in [1.29, 1.82) is 0 Å². The van der Waals surface area contributed by atoms with E-state index in [1.54, 1.807) is 42.5 Å². The van der Waals surface area contributed by atoms with E-state index < -0.39 is 15.1 Å². The summed E-state index contributed by atoms with van der Waals surface area (Å²) in [5.41, 5.74) is 0.778. The van der Waals surface area contributed by atoms with Crippen LogP contribution < -0.4 is 0 Å². The second-order valence-corrected chi connectivity index (χ2v) is 9.67. The van der Waals surface area contributed by atoms with Gasteiger partial charge in [-0.1, -0.05) is 30.3 Å². The summed E-state index contributed by atoms with van der Waals surface area (Å²) in [7, 11) is -3.38. The maximum atomic E-state index is 13.1. The van der Waals surface area contributed by atoms with Gasteiger partial charge in [0.2, 0.25) is 5.91 Å². The minimum Gasteiger partial charge on any atom is -0.336 e. The fourth-order valence-corrected chi connectivity index (χ4v) is 6.33. The summed E-state index contributed by atoms with van der Waals surface area (Å²) in [6.07, 6.45) is 2.90. The van der Waals surface area contributed by atoms with E-state index in [-0.39, 0.29) is 30.2 Å². The first-order chi connectivity index (χ1) is 12.9. The van der Waals surface area contributed by atoms with Gasteiger partial charge in [0.15, 0.2) is 9.84 Å². The lowest BCUT2D eigenvalue weighted by molar-refractivity contribution is -0.134. The summed E-state index contributed by atoms with van der Waals surface area (Å²) in [4.78, 5) is 15.1. The maximum absolute atomic E-state index is 13.1. The topological polar surface area (TPSA) is 54.5 Å². The Hall–Kier alpha value is -2.21. The van der Waals surface area contributed by atoms with Crippen molar-refractivity contribution in [1.82, 2.24) is 4.90 Å². The zero-order valence-electron chi connectivity index (χ0n) is 14.9. The molecule has 2 aromatic rings. The number of hydrogen-bond acceptors (Lipinski definition) is 3. The summed E-state index contributed by atoms with van der Waals surface area (Å²) in [6, 6.07) is 14.5. The second kappa shape index (κ2) is 7.08. The molecule has 2 aliphatic heterocycles. The van der Waals surface area contributed by atoms with Crippen molar-refractivity contribution in [3.8, 4) is 0 Å². The van der Waals surface area contributed by atoms with Gasteiger partial charge in [-0.2, -0.15) is 0 Å². The third-order valence-electron chi connectivity index (χ3n) is 5.76. The van der Waals surface area contributed by atoms with Crippen LogP contribution in [0.2, 0.25) is 0 Å². The van der Waals surface area contributed by atoms with Gasteiger partial charge in [0, 0.05) is 12.1 Å². The highest BCUT2D eigenvalue weighted by Crippen LogP contribution is 2.40. The number of nitrogens with zero attached hydrogens (tertiary/aromatic N) is 1. The van der Waals surface area contributed by atoms with Crippen molar-refractivity contribution >= 4 is 15.7 Å². The molecule has 2 heterocycles. The molecule has 6 heteroatoms. The SMILES string of the molecule is O=C(Cc1ccc(F)cc1)N1[C@@H]2CC[C@@H]1CC(S(=O)(=O)c1ccccc1)C2. The molecule has 4 nitrogen and oxygen atoms in total. The zero-order valence-corrected chi connectivity index (χ0v) is 15.7. The summed E-state index contributed by atoms with van der Waals surface area (Å²) < 4.78 is 39.0. The van der Waals surface area contributed by atoms with Gasteiger partial charge in [0.1, 0.15) is 5.82 Å². The number of piperidine rings is 1. The van der Waals surface area contributed by atoms with E-state index in [1.807, 2.05) is 4.90 Å². The predicted octanol–water partition coefficient (Wildman–Crippen LogP) is 3.36. The number of halogens is 1. The molecular formula is C21H22FNO3S. The molecular weight excluding hydrogens is 365 g/mol. The number of sulfone groups is 1. The molecule has 2 bridgehead atoms. The Kier molecular flexibility index (Phi) is 4.76. The Morgan fingerprint density at radius 1 is 0.963 bits per heavy atom. The molecule has 2 aromatic carbocycles. The van der Waals surface area contributed by atoms with E-state index in [0.717, 1.165) is 18.4 Å². The van der Waals surface area contributed by atoms with E-state index in [4.69, 9.17) is 0 Å². The number of amides is 1. The molecule has 0 radical (unpaired) electrons. The van der Waals surface area contributed by atoms with E-state index >= 15 is 0 Å². The van der Waals surface area contributed by atoms with E-state index in [2.05, 4.69) is 0 Å². The number of rotatable bonds is 4. The third kappa shape index (κ3) is 3.50. The molecule has 2 aliphatic rings. The van der Waals surface area contributed by atoms with Crippen LogP contribution in [0.15, 0.2) is 59.5 Å². The number of benzene rings is 2. The number of fused-ring (bicyclic) bond motifs is 2. The van der Waals surface area contributed by atoms with Gasteiger partial charge in [-0.05, 0) is 55.5 Å². The lowest BCUT2D eigenvalue weighted by Crippen LogP contribution is -2.50. The van der Waals surface area contributed by atoms with Gasteiger partial charge in [-0.15, -0.1) is 0 Å². The van der Waals surface area contributed by atoms with Crippen LogP contribution in [0.1, 0.15) is 31.2 Å². The fourth-order valence-electron chi connectivity index (χ4n) is 4.46. The lowest BCUT2D eigenvalue weighted by Gasteiger charge is -2.38. The minimum absolute atomic E-state index is 0.00432. The average molecular weight is 387 g/mol. The normalized spacial score (nSPS) is 24.8. The molecule has 4 rings (SSSR count). The molecule has 2 atom stereocenters. The van der Waals surface area contributed by atoms with Crippen molar-refractivity contribution in [2.75, 3.05) is 0 Å². The molecule has 0 spiro atoms. The Labute approximate surface area is 158 Å². The Balaban J connectivity index is 1.49. The van der Waals surface area contributed by atoms with Crippen LogP contribution in [0.25, 0.3) is 0 Å². The Morgan fingerprint density at radius 2 is 1.56 bits per heavy atom. The quantitative estimate of drug-likeness (QED) is 0.808. The van der Waals surface area contributed by atoms with Crippen LogP contribution in [-0.2, 0) is 21.1 Å². The van der Waals surface area contributed by atoms with E-state index in [9.17, 15) is 17.6 Å². The smallest absolute Gasteiger partial charge is 0.227 e. The molecule has 0 saturated carbocycles. The van der Waals surface area contributed by atoms with Crippen molar-refractivity contribution in [2.45, 2.75) is 54.3 Å². The highest BCUT2D eigenvalue weighted by molar-refractivity contribution is 7.92. The van der Waals surface area contributed by atoms with Gasteiger partial charge < -0.3 is 4.90 Å². The first kappa shape index (κ1) is 18.2. The van der Waals surface area contributed by atoms with Crippen molar-refractivity contribution in [3.05, 3.63) is 66.0 Å². The zero-order chi connectivity index (χ0) is 19.0. The Bertz CT molecular complexity index is 914. The third-order valence-corrected chi connectivity index (χ3v) is 7.95. The molecule has 2 fully saturated rings. The first-order valence-corrected chi connectivity index (χ1v) is 10.8. The molecule has 0 N–H and O–H groups in total. The molecule has 27 heavy (non-hydrogen) atoms. The van der Waals surface area contributed by atoms with Crippen molar-refractivity contribution in [2.24, 2.45) is 0 Å². The molecule has 0 unspecified atom stereocenters. The second-order valence-electron chi connectivity index (χ2n) is 7.44. The van der Waals surface area contributed by atoms with Crippen molar-refractivity contribution in [3.63, 3.8) is 0 Å². The Morgan fingerprint density at radius 3 is 2.15 bits per heavy atom. The van der Waals surface area contributed by atoms with Gasteiger partial charge >= 0.3 is 0 Å². The summed E-state index contributed by atoms with van der Waals surface area (Å²) >= 11 is 0. The fraction of sp³-hybridized carbons (Fsp3) is 0.381. The number of hydrogen-bond donors (Lipinski definition) is 0. The standard InChI is InChI=1S/C21H22FNO3S/c22-16-8-6-15(7-9-16)12-21(24)23-17-10-11-18(23)14-20(13-17)27(25,26)19-4-2-1-3-5-19/h1-9,17-18,20H,10-14H2/t17-,18-/m1/s1. The van der Waals surface area contributed by atoms with Crippen LogP contribution >= 0.6 is 0 Å². The molecule has 0 aromatic heterocycles. The summed E-state index contributed by atoms with van der Waals surface area (Å²) in [5, 5.41) is -0.438. The van der Waals surface area contributed by atoms with Gasteiger partial charge in [0.05, 0.1) is 16.6 Å². The van der Waals surface area contributed by atoms with Crippen LogP contribution in [0, 0.1) is 5.82 Å². The number of carbonyl (C=O) groups is 1. The minimum atomic E-state index is -3.38. The van der Waals surface area contributed by atoms with Crippen molar-refractivity contribution < 1.29 is 17.6 Å². The monoisotopic (exact) mass is 387 g/mol. The highest BCUT2D eigenvalue weighted by atomic mass is 32.2. The summed E-state index contributed by atoms with van der Waals surface area (Å²) in [5.74, 6) is -0.317. The van der Waals surface area contributed by atoms with Gasteiger partial charge in [-0.25, -0.2) is 12.8 Å². The lowest BCUT2D eigenvalue weighted by atomic mass is 10.0. The first-order valence-electron chi connectivity index (χ1n) is 9.29. The van der Waals surface area contributed by atoms with Gasteiger partial charge in [-0.3, -0.25) is 4.79 Å². The van der Waals surface area contributed by atoms with E-state index in [0.29, 0.717) is 17.7 Å². The molecule has 0 aliphatic carbocycles. The van der Waals surface area contributed by atoms with Crippen LogP contribution in [0.4, 0.5) is 4.39 Å². The average Bonchev–Trinajstić information content (AvgIpc) is 2.94. The van der Waals surface area contributed by atoms with Crippen LogP contribution in [-0.4, -0.2) is 36.6 Å². The van der Waals surface area contributed by atoms with Crippen LogP contribution in [0.3, 0.4) is 0 Å². The molecule has 2 saturated heterocycles. The summed E-state index contributed by atoms with van der Waals surface area (Å²) in [6.45, 7) is 0. The molecule has 142 valence electrons. The van der Waals surface area contributed by atoms with Crippen LogP contribution in [0.5, 0.6) is 0 Å². The predicted molar refractivity (Wildman–Crippen MR) is 100 cm³/mol. The van der Waals surface area contributed by atoms with E-state index in [1.165, 1.54) is 12.1 Å².